The molecular weight excluding hydrogens is 234 g/mol. The van der Waals surface area contributed by atoms with Crippen LogP contribution in [0.15, 0.2) is 54.9 Å². The lowest BCUT2D eigenvalue weighted by atomic mass is 10.1. The molecule has 3 rings (SSSR count). The van der Waals surface area contributed by atoms with E-state index in [9.17, 15) is 0 Å². The molecule has 0 aliphatic rings. The Morgan fingerprint density at radius 3 is 2.74 bits per heavy atom. The Bertz CT molecular complexity index is 729. The highest BCUT2D eigenvalue weighted by Gasteiger charge is 2.05. The first-order valence-electron chi connectivity index (χ1n) is 6.32. The summed E-state index contributed by atoms with van der Waals surface area (Å²) in [5, 5.41) is 2.17. The van der Waals surface area contributed by atoms with Crippen molar-refractivity contribution in [3.8, 4) is 11.5 Å². The molecule has 0 saturated heterocycles. The number of fused-ring (bicyclic) bond motifs is 1. The molecule has 3 aromatic rings. The fourth-order valence-corrected chi connectivity index (χ4v) is 2.12. The molecule has 0 fully saturated rings. The summed E-state index contributed by atoms with van der Waals surface area (Å²) in [5.41, 5.74) is 2.33. The van der Waals surface area contributed by atoms with E-state index >= 15 is 0 Å². The maximum atomic E-state index is 6.08. The molecule has 2 nitrogen and oxygen atoms in total. The van der Waals surface area contributed by atoms with E-state index in [2.05, 4.69) is 37.0 Å². The summed E-state index contributed by atoms with van der Waals surface area (Å²) in [6, 6.07) is 14.2. The van der Waals surface area contributed by atoms with Crippen LogP contribution in [0.2, 0.25) is 0 Å². The first-order chi connectivity index (χ1) is 9.24. The predicted molar refractivity (Wildman–Crippen MR) is 77.7 cm³/mol. The van der Waals surface area contributed by atoms with Crippen LogP contribution in [0.25, 0.3) is 10.8 Å². The van der Waals surface area contributed by atoms with E-state index in [1.165, 1.54) is 5.56 Å². The third-order valence-corrected chi connectivity index (χ3v) is 3.20. The Kier molecular flexibility index (Phi) is 2.92. The lowest BCUT2D eigenvalue weighted by Gasteiger charge is -2.11. The van der Waals surface area contributed by atoms with Gasteiger partial charge >= 0.3 is 0 Å². The van der Waals surface area contributed by atoms with Crippen LogP contribution >= 0.6 is 0 Å². The molecule has 1 heterocycles. The van der Waals surface area contributed by atoms with E-state index in [1.54, 1.807) is 6.20 Å². The first-order valence-corrected chi connectivity index (χ1v) is 6.32. The zero-order chi connectivity index (χ0) is 13.2. The molecule has 0 radical (unpaired) electrons. The van der Waals surface area contributed by atoms with Crippen LogP contribution in [0, 0.1) is 13.8 Å². The van der Waals surface area contributed by atoms with Crippen molar-refractivity contribution in [3.63, 3.8) is 0 Å². The van der Waals surface area contributed by atoms with Crippen LogP contribution in [0.4, 0.5) is 0 Å². The minimum Gasteiger partial charge on any atom is -0.456 e. The number of hydrogen-bond donors (Lipinski definition) is 0. The number of aromatic nitrogens is 1. The first kappa shape index (κ1) is 11.7. The zero-order valence-corrected chi connectivity index (χ0v) is 11.1. The quantitative estimate of drug-likeness (QED) is 0.659. The van der Waals surface area contributed by atoms with Crippen LogP contribution in [0.5, 0.6) is 11.5 Å². The molecule has 2 aromatic carbocycles. The molecule has 0 amide bonds. The maximum absolute atomic E-state index is 6.08. The number of rotatable bonds is 2. The number of ether oxygens (including phenoxy) is 1. The van der Waals surface area contributed by atoms with Crippen LogP contribution in [-0.4, -0.2) is 4.98 Å². The van der Waals surface area contributed by atoms with Gasteiger partial charge < -0.3 is 4.74 Å². The van der Waals surface area contributed by atoms with Crippen LogP contribution in [0.1, 0.15) is 11.1 Å². The van der Waals surface area contributed by atoms with Gasteiger partial charge in [0, 0.05) is 23.2 Å². The van der Waals surface area contributed by atoms with Crippen molar-refractivity contribution in [2.24, 2.45) is 0 Å². The molecule has 19 heavy (non-hydrogen) atoms. The highest BCUT2D eigenvalue weighted by molar-refractivity contribution is 5.87. The number of hydrogen-bond acceptors (Lipinski definition) is 2. The summed E-state index contributed by atoms with van der Waals surface area (Å²) in [6.07, 6.45) is 3.64. The molecule has 0 aliphatic carbocycles. The van der Waals surface area contributed by atoms with Gasteiger partial charge in [-0.2, -0.15) is 0 Å². The summed E-state index contributed by atoms with van der Waals surface area (Å²) in [6.45, 7) is 4.13. The Morgan fingerprint density at radius 2 is 1.84 bits per heavy atom. The molecule has 0 unspecified atom stereocenters. The molecule has 1 aromatic heterocycles. The number of nitrogens with zero attached hydrogens (tertiary/aromatic N) is 1. The van der Waals surface area contributed by atoms with Gasteiger partial charge in [-0.1, -0.05) is 24.3 Å². The van der Waals surface area contributed by atoms with Gasteiger partial charge in [-0.05, 0) is 43.2 Å². The molecule has 0 aliphatic heterocycles. The number of aryl methyl sites for hydroxylation is 2. The zero-order valence-electron chi connectivity index (χ0n) is 11.1. The summed E-state index contributed by atoms with van der Waals surface area (Å²) in [4.78, 5) is 4.14. The molecule has 0 bridgehead atoms. The Hall–Kier alpha value is -2.35. The van der Waals surface area contributed by atoms with Crippen molar-refractivity contribution in [2.45, 2.75) is 13.8 Å². The van der Waals surface area contributed by atoms with Crippen molar-refractivity contribution in [3.05, 3.63) is 66.0 Å². The summed E-state index contributed by atoms with van der Waals surface area (Å²) < 4.78 is 6.08. The summed E-state index contributed by atoms with van der Waals surface area (Å²) in [5.74, 6) is 1.78. The van der Waals surface area contributed by atoms with Gasteiger partial charge in [0.05, 0.1) is 0 Å². The second-order valence-electron chi connectivity index (χ2n) is 4.72. The van der Waals surface area contributed by atoms with Gasteiger partial charge in [-0.3, -0.25) is 4.98 Å². The van der Waals surface area contributed by atoms with Crippen molar-refractivity contribution >= 4 is 10.8 Å². The average molecular weight is 249 g/mol. The van der Waals surface area contributed by atoms with Gasteiger partial charge in [0.2, 0.25) is 0 Å². The molecule has 0 spiro atoms. The lowest BCUT2D eigenvalue weighted by Crippen LogP contribution is -1.89. The van der Waals surface area contributed by atoms with Crippen molar-refractivity contribution in [1.29, 1.82) is 0 Å². The van der Waals surface area contributed by atoms with Crippen molar-refractivity contribution in [1.82, 2.24) is 4.98 Å². The monoisotopic (exact) mass is 249 g/mol. The van der Waals surface area contributed by atoms with E-state index < -0.39 is 0 Å². The second-order valence-corrected chi connectivity index (χ2v) is 4.72. The number of pyridine rings is 1. The minimum atomic E-state index is 0.869. The third-order valence-electron chi connectivity index (χ3n) is 3.20. The Balaban J connectivity index is 2.08. The predicted octanol–water partition coefficient (Wildman–Crippen LogP) is 4.64. The van der Waals surface area contributed by atoms with Gasteiger partial charge in [0.1, 0.15) is 11.5 Å². The highest BCUT2D eigenvalue weighted by atomic mass is 16.5. The SMILES string of the molecule is Cc1ccc(C)c(Oc2cccc3cnccc23)c1. The maximum Gasteiger partial charge on any atom is 0.135 e. The second kappa shape index (κ2) is 4.73. The molecular formula is C17H15NO. The van der Waals surface area contributed by atoms with Crippen LogP contribution < -0.4 is 4.74 Å². The summed E-state index contributed by atoms with van der Waals surface area (Å²) in [7, 11) is 0. The molecule has 0 N–H and O–H groups in total. The molecule has 2 heteroatoms. The minimum absolute atomic E-state index is 0.869. The van der Waals surface area contributed by atoms with Gasteiger partial charge in [0.25, 0.3) is 0 Å². The standard InChI is InChI=1S/C17H15NO/c1-12-6-7-13(2)17(10-12)19-16-5-3-4-14-11-18-9-8-15(14)16/h3-11H,1-2H3. The van der Waals surface area contributed by atoms with Gasteiger partial charge in [-0.25, -0.2) is 0 Å². The molecule has 0 saturated carbocycles. The normalized spacial score (nSPS) is 10.6. The Morgan fingerprint density at radius 1 is 0.947 bits per heavy atom. The van der Waals surface area contributed by atoms with Crippen molar-refractivity contribution < 1.29 is 4.74 Å². The van der Waals surface area contributed by atoms with Crippen LogP contribution in [-0.2, 0) is 0 Å². The fraction of sp³-hybridized carbons (Fsp3) is 0.118. The Labute approximate surface area is 112 Å². The van der Waals surface area contributed by atoms with Crippen LogP contribution in [0.3, 0.4) is 0 Å². The van der Waals surface area contributed by atoms with E-state index in [0.717, 1.165) is 27.8 Å². The van der Waals surface area contributed by atoms with Gasteiger partial charge in [-0.15, -0.1) is 0 Å². The lowest BCUT2D eigenvalue weighted by molar-refractivity contribution is 0.484. The molecule has 94 valence electrons. The number of benzene rings is 2. The highest BCUT2D eigenvalue weighted by Crippen LogP contribution is 2.31. The van der Waals surface area contributed by atoms with E-state index in [4.69, 9.17) is 4.74 Å². The fourth-order valence-electron chi connectivity index (χ4n) is 2.12. The smallest absolute Gasteiger partial charge is 0.135 e. The van der Waals surface area contributed by atoms with E-state index in [0.29, 0.717) is 0 Å². The third kappa shape index (κ3) is 2.29. The van der Waals surface area contributed by atoms with E-state index in [-0.39, 0.29) is 0 Å². The average Bonchev–Trinajstić information content (AvgIpc) is 2.43. The molecule has 0 atom stereocenters. The van der Waals surface area contributed by atoms with Gasteiger partial charge in [0.15, 0.2) is 0 Å². The summed E-state index contributed by atoms with van der Waals surface area (Å²) >= 11 is 0. The topological polar surface area (TPSA) is 22.1 Å². The largest absolute Gasteiger partial charge is 0.456 e. The van der Waals surface area contributed by atoms with Crippen molar-refractivity contribution in [2.75, 3.05) is 0 Å². The van der Waals surface area contributed by atoms with E-state index in [1.807, 2.05) is 30.5 Å².